The third-order valence-corrected chi connectivity index (χ3v) is 9.43. The van der Waals surface area contributed by atoms with Crippen LogP contribution in [-0.2, 0) is 18.4 Å². The van der Waals surface area contributed by atoms with Gasteiger partial charge in [-0.25, -0.2) is 9.79 Å². The summed E-state index contributed by atoms with van der Waals surface area (Å²) >= 11 is 0. The van der Waals surface area contributed by atoms with Crippen molar-refractivity contribution in [3.05, 3.63) is 0 Å². The van der Waals surface area contributed by atoms with Gasteiger partial charge < -0.3 is 13.6 Å². The molecule has 0 aliphatic carbocycles. The van der Waals surface area contributed by atoms with E-state index >= 15 is 0 Å². The molecule has 0 N–H and O–H groups in total. The summed E-state index contributed by atoms with van der Waals surface area (Å²) in [6, 6.07) is 0.958. The van der Waals surface area contributed by atoms with Gasteiger partial charge in [-0.1, -0.05) is 19.8 Å². The fraction of sp³-hybridized carbons (Fsp3) is 0.941. The van der Waals surface area contributed by atoms with Gasteiger partial charge in [0.05, 0.1) is 6.54 Å². The van der Waals surface area contributed by atoms with E-state index in [0.717, 1.165) is 31.7 Å². The normalized spacial score (nSPS) is 26.7. The highest BCUT2D eigenvalue weighted by atomic mass is 28.4. The molecule has 2 atom stereocenters. The van der Waals surface area contributed by atoms with Crippen LogP contribution in [0, 0.1) is 5.92 Å². The van der Waals surface area contributed by atoms with Crippen molar-refractivity contribution in [2.24, 2.45) is 10.9 Å². The Morgan fingerprint density at radius 2 is 1.87 bits per heavy atom. The van der Waals surface area contributed by atoms with Crippen LogP contribution < -0.4 is 0 Å². The number of isocyanates is 1. The van der Waals surface area contributed by atoms with Crippen LogP contribution >= 0.6 is 0 Å². The minimum atomic E-state index is -2.55. The van der Waals surface area contributed by atoms with Crippen LogP contribution in [0.2, 0.25) is 6.04 Å². The van der Waals surface area contributed by atoms with Crippen molar-refractivity contribution in [2.75, 3.05) is 26.4 Å². The zero-order valence-electron chi connectivity index (χ0n) is 15.2. The van der Waals surface area contributed by atoms with E-state index in [1.807, 2.05) is 20.8 Å². The maximum atomic E-state index is 10.5. The second kappa shape index (κ2) is 10.4. The molecular weight excluding hydrogens is 310 g/mol. The first-order chi connectivity index (χ1) is 11.2. The Morgan fingerprint density at radius 3 is 2.39 bits per heavy atom. The molecule has 0 aromatic rings. The van der Waals surface area contributed by atoms with E-state index in [9.17, 15) is 4.79 Å². The van der Waals surface area contributed by atoms with Crippen molar-refractivity contribution >= 4 is 14.6 Å². The molecule has 5 nitrogen and oxygen atoms in total. The summed E-state index contributed by atoms with van der Waals surface area (Å²) in [5.41, 5.74) is 0. The molecule has 0 aromatic heterocycles. The lowest BCUT2D eigenvalue weighted by molar-refractivity contribution is -0.0803. The number of rotatable bonds is 11. The lowest BCUT2D eigenvalue weighted by atomic mass is 9.89. The van der Waals surface area contributed by atoms with Gasteiger partial charge in [0.2, 0.25) is 6.08 Å². The summed E-state index contributed by atoms with van der Waals surface area (Å²) < 4.78 is 19.1. The van der Waals surface area contributed by atoms with Gasteiger partial charge in [0.1, 0.15) is 5.22 Å². The molecule has 0 amide bonds. The van der Waals surface area contributed by atoms with Gasteiger partial charge in [-0.3, -0.25) is 0 Å². The Morgan fingerprint density at radius 1 is 1.17 bits per heavy atom. The van der Waals surface area contributed by atoms with Gasteiger partial charge in [0, 0.05) is 19.8 Å². The fourth-order valence-electron chi connectivity index (χ4n) is 4.18. The van der Waals surface area contributed by atoms with E-state index in [1.165, 1.54) is 0 Å². The largest absolute Gasteiger partial charge is 0.393 e. The molecule has 0 saturated carbocycles. The minimum Gasteiger partial charge on any atom is -0.393 e. The highest BCUT2D eigenvalue weighted by molar-refractivity contribution is 6.71. The van der Waals surface area contributed by atoms with Gasteiger partial charge in [-0.05, 0) is 52.0 Å². The average Bonchev–Trinajstić information content (AvgIpc) is 2.53. The van der Waals surface area contributed by atoms with Crippen molar-refractivity contribution in [2.45, 2.75) is 71.1 Å². The predicted molar refractivity (Wildman–Crippen MR) is 93.4 cm³/mol. The zero-order chi connectivity index (χ0) is 17.2. The van der Waals surface area contributed by atoms with Crippen molar-refractivity contribution < 1.29 is 18.4 Å². The molecule has 1 aliphatic rings. The van der Waals surface area contributed by atoms with Crippen molar-refractivity contribution in [1.29, 1.82) is 0 Å². The van der Waals surface area contributed by atoms with Gasteiger partial charge in [-0.15, -0.1) is 0 Å². The van der Waals surface area contributed by atoms with Crippen LogP contribution in [-0.4, -0.2) is 46.2 Å². The molecule has 1 fully saturated rings. The van der Waals surface area contributed by atoms with Crippen LogP contribution in [0.4, 0.5) is 0 Å². The molecule has 0 radical (unpaired) electrons. The zero-order valence-corrected chi connectivity index (χ0v) is 16.2. The molecule has 23 heavy (non-hydrogen) atoms. The second-order valence-electron chi connectivity index (χ2n) is 6.04. The summed E-state index contributed by atoms with van der Waals surface area (Å²) in [4.78, 5) is 14.3. The Kier molecular flexibility index (Phi) is 9.25. The monoisotopic (exact) mass is 343 g/mol. The molecule has 1 aliphatic heterocycles. The SMILES string of the molecule is CCCC1CCC[Si](OCC)(OCC)C1(CCN=C=O)OCC. The van der Waals surface area contributed by atoms with Gasteiger partial charge in [0.25, 0.3) is 0 Å². The number of ether oxygens (including phenoxy) is 1. The van der Waals surface area contributed by atoms with Crippen LogP contribution in [0.15, 0.2) is 4.99 Å². The minimum absolute atomic E-state index is 0.410. The Hall–Kier alpha value is -0.523. The number of hydrogen-bond donors (Lipinski definition) is 0. The summed E-state index contributed by atoms with van der Waals surface area (Å²) in [6.07, 6.45) is 6.81. The maximum absolute atomic E-state index is 10.5. The third-order valence-electron chi connectivity index (χ3n) is 4.82. The van der Waals surface area contributed by atoms with Crippen molar-refractivity contribution in [3.8, 4) is 0 Å². The topological polar surface area (TPSA) is 57.1 Å². The first-order valence-corrected chi connectivity index (χ1v) is 11.1. The molecule has 134 valence electrons. The van der Waals surface area contributed by atoms with Crippen LogP contribution in [0.5, 0.6) is 0 Å². The fourth-order valence-corrected chi connectivity index (χ4v) is 8.83. The average molecular weight is 344 g/mol. The molecule has 6 heteroatoms. The number of hydrogen-bond acceptors (Lipinski definition) is 5. The quantitative estimate of drug-likeness (QED) is 0.326. The van der Waals surface area contributed by atoms with Gasteiger partial charge in [0.15, 0.2) is 0 Å². The molecule has 0 aromatic carbocycles. The first kappa shape index (κ1) is 20.5. The molecular formula is C17H33NO4Si. The summed E-state index contributed by atoms with van der Waals surface area (Å²) in [5, 5.41) is -0.414. The van der Waals surface area contributed by atoms with E-state index < -0.39 is 13.8 Å². The second-order valence-corrected chi connectivity index (χ2v) is 9.47. The van der Waals surface area contributed by atoms with Crippen molar-refractivity contribution in [3.63, 3.8) is 0 Å². The maximum Gasteiger partial charge on any atom is 0.371 e. The lowest BCUT2D eigenvalue weighted by Gasteiger charge is -2.53. The predicted octanol–water partition coefficient (Wildman–Crippen LogP) is 3.75. The van der Waals surface area contributed by atoms with Gasteiger partial charge in [-0.2, -0.15) is 0 Å². The van der Waals surface area contributed by atoms with E-state index in [2.05, 4.69) is 11.9 Å². The van der Waals surface area contributed by atoms with E-state index in [0.29, 0.717) is 38.7 Å². The smallest absolute Gasteiger partial charge is 0.371 e. The van der Waals surface area contributed by atoms with Crippen LogP contribution in [0.25, 0.3) is 0 Å². The van der Waals surface area contributed by atoms with Crippen LogP contribution in [0.1, 0.15) is 59.8 Å². The summed E-state index contributed by atoms with van der Waals surface area (Å²) in [5.74, 6) is 0.410. The molecule has 1 heterocycles. The van der Waals surface area contributed by atoms with Gasteiger partial charge >= 0.3 is 8.56 Å². The van der Waals surface area contributed by atoms with Crippen molar-refractivity contribution in [1.82, 2.24) is 0 Å². The van der Waals surface area contributed by atoms with E-state index in [4.69, 9.17) is 13.6 Å². The molecule has 1 rings (SSSR count). The molecule has 0 spiro atoms. The Bertz CT molecular complexity index is 373. The summed E-state index contributed by atoms with van der Waals surface area (Å²) in [6.45, 7) is 10.6. The van der Waals surface area contributed by atoms with Crippen LogP contribution in [0.3, 0.4) is 0 Å². The molecule has 1 saturated heterocycles. The summed E-state index contributed by atoms with van der Waals surface area (Å²) in [7, 11) is -2.55. The molecule has 0 bridgehead atoms. The molecule has 2 unspecified atom stereocenters. The lowest BCUT2D eigenvalue weighted by Crippen LogP contribution is -2.69. The highest BCUT2D eigenvalue weighted by Crippen LogP contribution is 2.48. The highest BCUT2D eigenvalue weighted by Gasteiger charge is 2.63. The number of aliphatic imine (C=N–C) groups is 1. The Labute approximate surface area is 142 Å². The first-order valence-electron chi connectivity index (χ1n) is 9.11. The number of nitrogens with zero attached hydrogens (tertiary/aromatic N) is 1. The Balaban J connectivity index is 3.29. The third kappa shape index (κ3) is 4.52. The standard InChI is InChI=1S/C17H33NO4Si/c1-5-10-16-11-9-14-23(21-7-3,22-8-4)17(16,20-6-2)12-13-18-15-19/h16H,5-14H2,1-4H3. The van der Waals surface area contributed by atoms with E-state index in [-0.39, 0.29) is 0 Å². The number of carbonyl (C=O) groups excluding carboxylic acids is 1. The van der Waals surface area contributed by atoms with E-state index in [1.54, 1.807) is 6.08 Å².